The molecule has 1 aromatic heterocycles. The smallest absolute Gasteiger partial charge is 0.307 e. The Morgan fingerprint density at radius 3 is 2.40 bits per heavy atom. The average Bonchev–Trinajstić information content (AvgIpc) is 2.98. The zero-order valence-electron chi connectivity index (χ0n) is 11.2. The number of hydrogen-bond acceptors (Lipinski definition) is 3. The summed E-state index contributed by atoms with van der Waals surface area (Å²) in [6.45, 7) is 0.325. The van der Waals surface area contributed by atoms with E-state index in [9.17, 15) is 14.7 Å². The van der Waals surface area contributed by atoms with Crippen molar-refractivity contribution < 1.29 is 19.1 Å². The first-order valence-electron chi connectivity index (χ1n) is 7.19. The first-order valence-corrected chi connectivity index (χ1v) is 7.19. The molecular formula is C15H19NO4. The second kappa shape index (κ2) is 5.31. The molecule has 2 N–H and O–H groups in total. The Hall–Kier alpha value is -1.78. The van der Waals surface area contributed by atoms with Crippen LogP contribution in [-0.2, 0) is 16.1 Å². The molecule has 0 spiro atoms. The highest BCUT2D eigenvalue weighted by molar-refractivity contribution is 5.85. The minimum absolute atomic E-state index is 0.136. The Labute approximate surface area is 117 Å². The second-order valence-corrected chi connectivity index (χ2v) is 5.86. The normalized spacial score (nSPS) is 32.0. The molecule has 2 bridgehead atoms. The Balaban J connectivity index is 1.70. The summed E-state index contributed by atoms with van der Waals surface area (Å²) in [5, 5.41) is 12.3. The summed E-state index contributed by atoms with van der Waals surface area (Å²) in [5.41, 5.74) is 0. The lowest BCUT2D eigenvalue weighted by molar-refractivity contribution is -0.158. The third kappa shape index (κ3) is 2.32. The first kappa shape index (κ1) is 13.2. The number of hydrogen-bond donors (Lipinski definition) is 2. The van der Waals surface area contributed by atoms with Crippen LogP contribution in [0.15, 0.2) is 22.8 Å². The Kier molecular flexibility index (Phi) is 3.51. The maximum Gasteiger partial charge on any atom is 0.307 e. The molecule has 5 heteroatoms. The molecule has 3 aliphatic rings. The number of carbonyl (C=O) groups excluding carboxylic acids is 1. The van der Waals surface area contributed by atoms with E-state index in [2.05, 4.69) is 5.32 Å². The molecule has 4 rings (SSSR count). The molecule has 2 atom stereocenters. The highest BCUT2D eigenvalue weighted by Crippen LogP contribution is 2.49. The molecule has 0 saturated heterocycles. The quantitative estimate of drug-likeness (QED) is 0.882. The van der Waals surface area contributed by atoms with Gasteiger partial charge >= 0.3 is 5.97 Å². The van der Waals surface area contributed by atoms with Crippen LogP contribution in [-0.4, -0.2) is 17.0 Å². The van der Waals surface area contributed by atoms with E-state index in [0.717, 1.165) is 25.7 Å². The Morgan fingerprint density at radius 2 is 1.85 bits per heavy atom. The molecule has 3 aliphatic carbocycles. The summed E-state index contributed by atoms with van der Waals surface area (Å²) in [6, 6.07) is 3.56. The zero-order valence-corrected chi connectivity index (χ0v) is 11.2. The fraction of sp³-hybridized carbons (Fsp3) is 0.600. The molecule has 0 aliphatic heterocycles. The van der Waals surface area contributed by atoms with Gasteiger partial charge in [0.15, 0.2) is 0 Å². The van der Waals surface area contributed by atoms with Gasteiger partial charge in [0.2, 0.25) is 5.91 Å². The molecule has 3 fully saturated rings. The van der Waals surface area contributed by atoms with Crippen molar-refractivity contribution in [3.63, 3.8) is 0 Å². The largest absolute Gasteiger partial charge is 0.481 e. The molecule has 108 valence electrons. The minimum Gasteiger partial charge on any atom is -0.481 e. The lowest BCUT2D eigenvalue weighted by atomic mass is 9.58. The van der Waals surface area contributed by atoms with E-state index < -0.39 is 11.9 Å². The number of carbonyl (C=O) groups is 2. The molecule has 1 amide bonds. The summed E-state index contributed by atoms with van der Waals surface area (Å²) in [6.07, 6.45) is 5.41. The maximum absolute atomic E-state index is 12.4. The van der Waals surface area contributed by atoms with Gasteiger partial charge in [-0.1, -0.05) is 0 Å². The number of nitrogens with one attached hydrogen (secondary N) is 1. The van der Waals surface area contributed by atoms with Crippen LogP contribution in [0.1, 0.15) is 31.4 Å². The van der Waals surface area contributed by atoms with Crippen LogP contribution in [0.4, 0.5) is 0 Å². The van der Waals surface area contributed by atoms with Gasteiger partial charge in [-0.15, -0.1) is 0 Å². The van der Waals surface area contributed by atoms with Crippen molar-refractivity contribution in [2.75, 3.05) is 0 Å². The van der Waals surface area contributed by atoms with Crippen molar-refractivity contribution in [2.24, 2.45) is 23.7 Å². The van der Waals surface area contributed by atoms with Gasteiger partial charge < -0.3 is 14.8 Å². The third-order valence-corrected chi connectivity index (χ3v) is 4.82. The van der Waals surface area contributed by atoms with Gasteiger partial charge in [-0.05, 0) is 49.7 Å². The fourth-order valence-corrected chi connectivity index (χ4v) is 3.89. The molecular weight excluding hydrogens is 258 g/mol. The van der Waals surface area contributed by atoms with Crippen molar-refractivity contribution in [1.29, 1.82) is 0 Å². The van der Waals surface area contributed by atoms with Crippen LogP contribution in [0, 0.1) is 23.7 Å². The summed E-state index contributed by atoms with van der Waals surface area (Å²) >= 11 is 0. The van der Waals surface area contributed by atoms with Gasteiger partial charge in [-0.3, -0.25) is 9.59 Å². The number of rotatable bonds is 4. The van der Waals surface area contributed by atoms with Gasteiger partial charge in [0.25, 0.3) is 0 Å². The molecule has 0 aromatic carbocycles. The Morgan fingerprint density at radius 1 is 1.20 bits per heavy atom. The molecule has 0 unspecified atom stereocenters. The molecule has 20 heavy (non-hydrogen) atoms. The average molecular weight is 277 g/mol. The highest BCUT2D eigenvalue weighted by atomic mass is 16.4. The molecule has 3 saturated carbocycles. The van der Waals surface area contributed by atoms with Crippen LogP contribution in [0.3, 0.4) is 0 Å². The van der Waals surface area contributed by atoms with E-state index in [1.165, 1.54) is 0 Å². The second-order valence-electron chi connectivity index (χ2n) is 5.86. The summed E-state index contributed by atoms with van der Waals surface area (Å²) in [7, 11) is 0. The number of carboxylic acids is 1. The lowest BCUT2D eigenvalue weighted by Crippen LogP contribution is -2.50. The maximum atomic E-state index is 12.4. The molecule has 1 heterocycles. The van der Waals surface area contributed by atoms with Crippen LogP contribution >= 0.6 is 0 Å². The lowest BCUT2D eigenvalue weighted by Gasteiger charge is -2.45. The molecule has 5 nitrogen and oxygen atoms in total. The van der Waals surface area contributed by atoms with Crippen LogP contribution in [0.5, 0.6) is 0 Å². The van der Waals surface area contributed by atoms with Crippen molar-refractivity contribution >= 4 is 11.9 Å². The predicted molar refractivity (Wildman–Crippen MR) is 70.6 cm³/mol. The molecule has 0 radical (unpaired) electrons. The fourth-order valence-electron chi connectivity index (χ4n) is 3.89. The third-order valence-electron chi connectivity index (χ3n) is 4.82. The topological polar surface area (TPSA) is 79.5 Å². The van der Waals surface area contributed by atoms with E-state index in [-0.39, 0.29) is 23.7 Å². The van der Waals surface area contributed by atoms with Crippen molar-refractivity contribution in [3.8, 4) is 0 Å². The van der Waals surface area contributed by atoms with Gasteiger partial charge in [0, 0.05) is 0 Å². The van der Waals surface area contributed by atoms with E-state index in [4.69, 9.17) is 4.42 Å². The summed E-state index contributed by atoms with van der Waals surface area (Å²) < 4.78 is 5.18. The van der Waals surface area contributed by atoms with E-state index >= 15 is 0 Å². The van der Waals surface area contributed by atoms with E-state index in [0.29, 0.717) is 12.3 Å². The minimum atomic E-state index is -0.822. The first-order chi connectivity index (χ1) is 9.66. The number of amides is 1. The number of carboxylic acid groups (broad SMARTS) is 1. The Bertz CT molecular complexity index is 488. The van der Waals surface area contributed by atoms with E-state index in [1.54, 1.807) is 18.4 Å². The number of aliphatic carboxylic acids is 1. The molecule has 1 aromatic rings. The zero-order chi connectivity index (χ0) is 14.1. The monoisotopic (exact) mass is 277 g/mol. The predicted octanol–water partition coefficient (Wildman–Crippen LogP) is 2.03. The van der Waals surface area contributed by atoms with Gasteiger partial charge in [-0.25, -0.2) is 0 Å². The van der Waals surface area contributed by atoms with Crippen molar-refractivity contribution in [2.45, 2.75) is 32.2 Å². The van der Waals surface area contributed by atoms with E-state index in [1.807, 2.05) is 0 Å². The summed E-state index contributed by atoms with van der Waals surface area (Å²) in [5.74, 6) is -0.782. The highest BCUT2D eigenvalue weighted by Gasteiger charge is 2.50. The van der Waals surface area contributed by atoms with Crippen LogP contribution in [0.2, 0.25) is 0 Å². The van der Waals surface area contributed by atoms with Gasteiger partial charge in [-0.2, -0.15) is 0 Å². The van der Waals surface area contributed by atoms with Gasteiger partial charge in [0.05, 0.1) is 24.6 Å². The SMILES string of the molecule is O=C(NCc1ccco1)[C@@H]1C2CCC(CC2)[C@@H]1C(=O)O. The van der Waals surface area contributed by atoms with Crippen molar-refractivity contribution in [1.82, 2.24) is 5.32 Å². The standard InChI is InChI=1S/C15H19NO4/c17-14(16-8-11-2-1-7-20-11)12-9-3-5-10(6-4-9)13(12)15(18)19/h1-2,7,9-10,12-13H,3-6,8H2,(H,16,17)(H,18,19)/t9?,10?,12-,13+/m1/s1. The van der Waals surface area contributed by atoms with Crippen LogP contribution < -0.4 is 5.32 Å². The number of furan rings is 1. The summed E-state index contributed by atoms with van der Waals surface area (Å²) in [4.78, 5) is 23.9. The van der Waals surface area contributed by atoms with Gasteiger partial charge in [0.1, 0.15) is 5.76 Å². The number of fused-ring (bicyclic) bond motifs is 3. The van der Waals surface area contributed by atoms with Crippen LogP contribution in [0.25, 0.3) is 0 Å². The van der Waals surface area contributed by atoms with Crippen molar-refractivity contribution in [3.05, 3.63) is 24.2 Å².